The third kappa shape index (κ3) is 5.06. The minimum absolute atomic E-state index is 0.0959. The molecule has 0 unspecified atom stereocenters. The molecule has 5 heteroatoms. The van der Waals surface area contributed by atoms with Gasteiger partial charge in [0, 0.05) is 40.0 Å². The zero-order valence-corrected chi connectivity index (χ0v) is 16.4. The Morgan fingerprint density at radius 1 is 1.12 bits per heavy atom. The third-order valence-corrected chi connectivity index (χ3v) is 6.03. The second-order valence-corrected chi connectivity index (χ2v) is 8.44. The average molecular weight is 347 g/mol. The van der Waals surface area contributed by atoms with Crippen LogP contribution in [0.2, 0.25) is 0 Å². The molecule has 2 aliphatic carbocycles. The summed E-state index contributed by atoms with van der Waals surface area (Å²) in [6.07, 6.45) is 8.02. The molecule has 0 aromatic carbocycles. The summed E-state index contributed by atoms with van der Waals surface area (Å²) in [5.74, 6) is 2.53. The molecule has 140 valence electrons. The van der Waals surface area contributed by atoms with E-state index in [1.807, 2.05) is 18.8 Å². The molecule has 2 fully saturated rings. The lowest BCUT2D eigenvalue weighted by molar-refractivity contribution is -0.128. The first-order valence-corrected chi connectivity index (χ1v) is 9.85. The first kappa shape index (κ1) is 18.4. The van der Waals surface area contributed by atoms with E-state index < -0.39 is 0 Å². The van der Waals surface area contributed by atoms with Crippen molar-refractivity contribution in [1.29, 1.82) is 0 Å². The van der Waals surface area contributed by atoms with Crippen molar-refractivity contribution in [2.45, 2.75) is 57.9 Å². The van der Waals surface area contributed by atoms with E-state index in [0.717, 1.165) is 17.5 Å². The van der Waals surface area contributed by atoms with Crippen LogP contribution in [0.3, 0.4) is 0 Å². The van der Waals surface area contributed by atoms with Crippen molar-refractivity contribution in [3.05, 3.63) is 17.5 Å². The second-order valence-electron chi connectivity index (χ2n) is 8.44. The van der Waals surface area contributed by atoms with E-state index in [9.17, 15) is 4.79 Å². The highest BCUT2D eigenvalue weighted by molar-refractivity contribution is 5.72. The molecule has 1 aromatic heterocycles. The SMILES string of the molecule is CC(=O)N(C)Cc1cc(C2CCC(CN(C)CC3CC3)CC2)nn1C. The Kier molecular flexibility index (Phi) is 5.82. The Morgan fingerprint density at radius 3 is 2.20 bits per heavy atom. The minimum atomic E-state index is 0.0959. The Labute approximate surface area is 152 Å². The summed E-state index contributed by atoms with van der Waals surface area (Å²) in [7, 11) is 6.13. The molecule has 0 radical (unpaired) electrons. The first-order valence-electron chi connectivity index (χ1n) is 9.85. The molecule has 2 saturated carbocycles. The van der Waals surface area contributed by atoms with Gasteiger partial charge in [-0.1, -0.05) is 0 Å². The van der Waals surface area contributed by atoms with Crippen molar-refractivity contribution in [2.24, 2.45) is 18.9 Å². The number of carbonyl (C=O) groups excluding carboxylic acids is 1. The smallest absolute Gasteiger partial charge is 0.219 e. The molecule has 0 N–H and O–H groups in total. The lowest BCUT2D eigenvalue weighted by Gasteiger charge is -2.30. The summed E-state index contributed by atoms with van der Waals surface area (Å²) in [5.41, 5.74) is 2.35. The minimum Gasteiger partial charge on any atom is -0.340 e. The van der Waals surface area contributed by atoms with E-state index >= 15 is 0 Å². The van der Waals surface area contributed by atoms with Crippen LogP contribution in [-0.2, 0) is 18.4 Å². The predicted molar refractivity (Wildman–Crippen MR) is 100 cm³/mol. The van der Waals surface area contributed by atoms with Crippen LogP contribution in [0.4, 0.5) is 0 Å². The molecule has 1 heterocycles. The molecule has 3 rings (SSSR count). The number of carbonyl (C=O) groups is 1. The number of nitrogens with zero attached hydrogens (tertiary/aromatic N) is 4. The molecular formula is C20H34N4O. The summed E-state index contributed by atoms with van der Waals surface area (Å²) in [6.45, 7) is 4.81. The molecule has 1 amide bonds. The maximum atomic E-state index is 11.5. The van der Waals surface area contributed by atoms with E-state index in [2.05, 4.69) is 18.0 Å². The Balaban J connectivity index is 1.49. The highest BCUT2D eigenvalue weighted by Gasteiger charge is 2.27. The van der Waals surface area contributed by atoms with Crippen molar-refractivity contribution in [3.63, 3.8) is 0 Å². The Bertz CT molecular complexity index is 585. The summed E-state index contributed by atoms with van der Waals surface area (Å²) in [6, 6.07) is 2.21. The number of rotatable bonds is 7. The molecule has 0 atom stereocenters. The maximum absolute atomic E-state index is 11.5. The fourth-order valence-corrected chi connectivity index (χ4v) is 4.13. The van der Waals surface area contributed by atoms with Gasteiger partial charge in [-0.15, -0.1) is 0 Å². The van der Waals surface area contributed by atoms with Crippen LogP contribution in [0, 0.1) is 11.8 Å². The largest absolute Gasteiger partial charge is 0.340 e. The lowest BCUT2D eigenvalue weighted by Crippen LogP contribution is -2.29. The van der Waals surface area contributed by atoms with Gasteiger partial charge in [-0.05, 0) is 63.5 Å². The van der Waals surface area contributed by atoms with Gasteiger partial charge in [0.15, 0.2) is 0 Å². The van der Waals surface area contributed by atoms with Gasteiger partial charge in [0.2, 0.25) is 5.91 Å². The fourth-order valence-electron chi connectivity index (χ4n) is 4.13. The van der Waals surface area contributed by atoms with Gasteiger partial charge in [0.25, 0.3) is 0 Å². The first-order chi connectivity index (χ1) is 11.9. The van der Waals surface area contributed by atoms with E-state index in [-0.39, 0.29) is 5.91 Å². The molecule has 0 saturated heterocycles. The van der Waals surface area contributed by atoms with E-state index in [0.29, 0.717) is 12.5 Å². The molecule has 2 aliphatic rings. The van der Waals surface area contributed by atoms with Gasteiger partial charge in [0.1, 0.15) is 0 Å². The Morgan fingerprint density at radius 2 is 1.68 bits per heavy atom. The monoisotopic (exact) mass is 346 g/mol. The molecule has 1 aromatic rings. The highest BCUT2D eigenvalue weighted by Crippen LogP contribution is 2.36. The van der Waals surface area contributed by atoms with Crippen LogP contribution < -0.4 is 0 Å². The number of hydrogen-bond donors (Lipinski definition) is 0. The molecule has 5 nitrogen and oxygen atoms in total. The third-order valence-electron chi connectivity index (χ3n) is 6.03. The standard InChI is InChI=1S/C20H34N4O/c1-15(25)23(3)14-19-11-20(21-24(19)4)18-9-7-17(8-10-18)13-22(2)12-16-5-6-16/h11,16-18H,5-10,12-14H2,1-4H3. The van der Waals surface area contributed by atoms with Crippen molar-refractivity contribution in [1.82, 2.24) is 19.6 Å². The summed E-state index contributed by atoms with van der Waals surface area (Å²) in [5, 5.41) is 4.75. The maximum Gasteiger partial charge on any atom is 0.219 e. The van der Waals surface area contributed by atoms with Crippen molar-refractivity contribution >= 4 is 5.91 Å². The van der Waals surface area contributed by atoms with Crippen LogP contribution in [0.25, 0.3) is 0 Å². The van der Waals surface area contributed by atoms with Crippen molar-refractivity contribution in [2.75, 3.05) is 27.2 Å². The normalized spacial score (nSPS) is 23.9. The number of amides is 1. The van der Waals surface area contributed by atoms with Crippen molar-refractivity contribution < 1.29 is 4.79 Å². The van der Waals surface area contributed by atoms with Gasteiger partial charge >= 0.3 is 0 Å². The van der Waals surface area contributed by atoms with Crippen LogP contribution in [0.1, 0.15) is 62.8 Å². The van der Waals surface area contributed by atoms with Gasteiger partial charge in [0.05, 0.1) is 17.9 Å². The second kappa shape index (κ2) is 7.90. The molecular weight excluding hydrogens is 312 g/mol. The van der Waals surface area contributed by atoms with Gasteiger partial charge in [-0.25, -0.2) is 0 Å². The van der Waals surface area contributed by atoms with Crippen molar-refractivity contribution in [3.8, 4) is 0 Å². The molecule has 0 bridgehead atoms. The summed E-state index contributed by atoms with van der Waals surface area (Å²) >= 11 is 0. The van der Waals surface area contributed by atoms with Gasteiger partial charge < -0.3 is 9.80 Å². The molecule has 0 spiro atoms. The summed E-state index contributed by atoms with van der Waals surface area (Å²) in [4.78, 5) is 15.8. The Hall–Kier alpha value is -1.36. The topological polar surface area (TPSA) is 41.4 Å². The van der Waals surface area contributed by atoms with Crippen LogP contribution in [0.5, 0.6) is 0 Å². The van der Waals surface area contributed by atoms with E-state index in [1.165, 1.54) is 57.3 Å². The number of aromatic nitrogens is 2. The zero-order chi connectivity index (χ0) is 18.0. The zero-order valence-electron chi connectivity index (χ0n) is 16.4. The highest BCUT2D eigenvalue weighted by atomic mass is 16.2. The van der Waals surface area contributed by atoms with Gasteiger partial charge in [-0.3, -0.25) is 9.48 Å². The lowest BCUT2D eigenvalue weighted by atomic mass is 9.80. The average Bonchev–Trinajstić information content (AvgIpc) is 3.30. The van der Waals surface area contributed by atoms with E-state index in [1.54, 1.807) is 11.8 Å². The number of aryl methyl sites for hydroxylation is 1. The van der Waals surface area contributed by atoms with Crippen LogP contribution in [0.15, 0.2) is 6.07 Å². The predicted octanol–water partition coefficient (Wildman–Crippen LogP) is 3.01. The quantitative estimate of drug-likeness (QED) is 0.762. The molecule has 0 aliphatic heterocycles. The van der Waals surface area contributed by atoms with E-state index in [4.69, 9.17) is 5.10 Å². The fraction of sp³-hybridized carbons (Fsp3) is 0.800. The summed E-state index contributed by atoms with van der Waals surface area (Å²) < 4.78 is 1.95. The van der Waals surface area contributed by atoms with Gasteiger partial charge in [-0.2, -0.15) is 5.10 Å². The van der Waals surface area contributed by atoms with Crippen LogP contribution >= 0.6 is 0 Å². The number of hydrogen-bond acceptors (Lipinski definition) is 3. The van der Waals surface area contributed by atoms with Crippen LogP contribution in [-0.4, -0.2) is 52.7 Å². The molecule has 25 heavy (non-hydrogen) atoms.